The number of nitrogens with zero attached hydrogens (tertiary/aromatic N) is 4. The summed E-state index contributed by atoms with van der Waals surface area (Å²) < 4.78 is 1.62. The fraction of sp³-hybridized carbons (Fsp3) is 0.0667. The molecule has 6 nitrogen and oxygen atoms in total. The number of pyridine rings is 1. The molecule has 0 saturated heterocycles. The molecule has 0 unspecified atom stereocenters. The minimum Gasteiger partial charge on any atom is -0.476 e. The zero-order chi connectivity index (χ0) is 14.8. The molecule has 21 heavy (non-hydrogen) atoms. The molecule has 0 aliphatic heterocycles. The summed E-state index contributed by atoms with van der Waals surface area (Å²) >= 11 is 0. The maximum Gasteiger partial charge on any atom is 0.357 e. The summed E-state index contributed by atoms with van der Waals surface area (Å²) in [6.45, 7) is 0.380. The molecule has 3 rings (SSSR count). The molecule has 1 N–H and O–H groups in total. The number of nitriles is 1. The summed E-state index contributed by atoms with van der Waals surface area (Å²) in [6, 6.07) is 12.6. The predicted molar refractivity (Wildman–Crippen MR) is 74.7 cm³/mol. The molecule has 0 amide bonds. The zero-order valence-electron chi connectivity index (χ0n) is 10.9. The average molecular weight is 278 g/mol. The van der Waals surface area contributed by atoms with Gasteiger partial charge in [-0.3, -0.25) is 4.68 Å². The lowest BCUT2D eigenvalue weighted by Crippen LogP contribution is -2.05. The van der Waals surface area contributed by atoms with Crippen LogP contribution in [0.2, 0.25) is 0 Å². The maximum absolute atomic E-state index is 11.3. The lowest BCUT2D eigenvalue weighted by molar-refractivity contribution is 0.0691. The molecule has 6 heteroatoms. The number of carbonyl (C=O) groups is 1. The van der Waals surface area contributed by atoms with E-state index in [1.807, 2.05) is 18.2 Å². The van der Waals surface area contributed by atoms with Crippen molar-refractivity contribution < 1.29 is 9.90 Å². The van der Waals surface area contributed by atoms with E-state index in [1.54, 1.807) is 35.1 Å². The Kier molecular flexibility index (Phi) is 3.09. The molecule has 0 aliphatic carbocycles. The first-order valence-electron chi connectivity index (χ1n) is 6.23. The van der Waals surface area contributed by atoms with Crippen LogP contribution >= 0.6 is 0 Å². The molecule has 0 saturated carbocycles. The fourth-order valence-corrected chi connectivity index (χ4v) is 2.21. The van der Waals surface area contributed by atoms with Gasteiger partial charge in [-0.25, -0.2) is 9.78 Å². The van der Waals surface area contributed by atoms with E-state index in [4.69, 9.17) is 5.26 Å². The van der Waals surface area contributed by atoms with Crippen molar-refractivity contribution in [3.05, 3.63) is 59.5 Å². The van der Waals surface area contributed by atoms with Crippen molar-refractivity contribution >= 4 is 16.9 Å². The molecular formula is C15H10N4O2. The van der Waals surface area contributed by atoms with Crippen LogP contribution in [-0.2, 0) is 6.54 Å². The van der Waals surface area contributed by atoms with Crippen molar-refractivity contribution in [1.82, 2.24) is 14.8 Å². The number of aromatic nitrogens is 3. The molecule has 3 aromatic rings. The summed E-state index contributed by atoms with van der Waals surface area (Å²) in [5.74, 6) is -1.06. The first kappa shape index (κ1) is 12.8. The summed E-state index contributed by atoms with van der Waals surface area (Å²) in [5, 5.41) is 22.8. The number of hydrogen-bond acceptors (Lipinski definition) is 4. The number of hydrogen-bond donors (Lipinski definition) is 1. The number of carboxylic acids is 1. The zero-order valence-corrected chi connectivity index (χ0v) is 10.9. The minimum atomic E-state index is -1.06. The molecule has 0 atom stereocenters. The van der Waals surface area contributed by atoms with Crippen LogP contribution in [0, 0.1) is 11.3 Å². The third-order valence-corrected chi connectivity index (χ3v) is 3.13. The van der Waals surface area contributed by atoms with Gasteiger partial charge in [-0.1, -0.05) is 18.2 Å². The van der Waals surface area contributed by atoms with Crippen molar-refractivity contribution in [1.29, 1.82) is 5.26 Å². The van der Waals surface area contributed by atoms with Crippen molar-refractivity contribution in [2.75, 3.05) is 0 Å². The second-order valence-corrected chi connectivity index (χ2v) is 4.49. The number of rotatable bonds is 3. The highest BCUT2D eigenvalue weighted by Gasteiger charge is 2.15. The summed E-state index contributed by atoms with van der Waals surface area (Å²) in [5.41, 5.74) is 1.93. The Morgan fingerprint density at radius 3 is 2.90 bits per heavy atom. The van der Waals surface area contributed by atoms with E-state index in [2.05, 4.69) is 10.1 Å². The van der Waals surface area contributed by atoms with Crippen LogP contribution in [0.3, 0.4) is 0 Å². The number of para-hydroxylation sites is 1. The molecule has 0 bridgehead atoms. The second kappa shape index (κ2) is 5.06. The number of carboxylic acid groups (broad SMARTS) is 1. The van der Waals surface area contributed by atoms with Gasteiger partial charge in [0, 0.05) is 11.6 Å². The van der Waals surface area contributed by atoms with Crippen molar-refractivity contribution in [2.45, 2.75) is 6.54 Å². The smallest absolute Gasteiger partial charge is 0.357 e. The summed E-state index contributed by atoms with van der Waals surface area (Å²) in [7, 11) is 0. The molecule has 0 fully saturated rings. The van der Waals surface area contributed by atoms with E-state index >= 15 is 0 Å². The molecule has 0 aliphatic rings. The highest BCUT2D eigenvalue weighted by atomic mass is 16.4. The third-order valence-electron chi connectivity index (χ3n) is 3.13. The lowest BCUT2D eigenvalue weighted by Gasteiger charge is -2.03. The molecule has 0 radical (unpaired) electrons. The van der Waals surface area contributed by atoms with E-state index < -0.39 is 5.97 Å². The Labute approximate surface area is 119 Å². The Hall–Kier alpha value is -3.20. The van der Waals surface area contributed by atoms with Gasteiger partial charge in [-0.2, -0.15) is 10.4 Å². The van der Waals surface area contributed by atoms with Crippen LogP contribution in [-0.4, -0.2) is 25.8 Å². The van der Waals surface area contributed by atoms with Crippen LogP contribution in [0.15, 0.2) is 42.6 Å². The minimum absolute atomic E-state index is 0.0279. The van der Waals surface area contributed by atoms with Crippen molar-refractivity contribution in [3.8, 4) is 6.07 Å². The number of aromatic carboxylic acids is 1. The Morgan fingerprint density at radius 2 is 2.14 bits per heavy atom. The summed E-state index contributed by atoms with van der Waals surface area (Å²) in [4.78, 5) is 15.2. The van der Waals surface area contributed by atoms with Gasteiger partial charge in [0.2, 0.25) is 0 Å². The first-order chi connectivity index (χ1) is 10.2. The number of benzene rings is 1. The Bertz CT molecular complexity index is 877. The molecule has 2 aromatic heterocycles. The van der Waals surface area contributed by atoms with E-state index in [0.717, 1.165) is 11.1 Å². The second-order valence-electron chi connectivity index (χ2n) is 4.49. The van der Waals surface area contributed by atoms with Crippen molar-refractivity contribution in [2.24, 2.45) is 0 Å². The Balaban J connectivity index is 2.08. The largest absolute Gasteiger partial charge is 0.476 e. The van der Waals surface area contributed by atoms with E-state index in [1.165, 1.54) is 0 Å². The Morgan fingerprint density at radius 1 is 1.33 bits per heavy atom. The van der Waals surface area contributed by atoms with Gasteiger partial charge in [-0.15, -0.1) is 0 Å². The number of fused-ring (bicyclic) bond motifs is 1. The standard InChI is InChI=1S/C15H10N4O2/c16-8-11-7-10(5-6-17-11)9-19-13-4-2-1-3-12(13)14(18-19)15(20)21/h1-7H,9H2,(H,20,21). The van der Waals surface area contributed by atoms with E-state index in [-0.39, 0.29) is 5.69 Å². The highest BCUT2D eigenvalue weighted by molar-refractivity contribution is 6.01. The average Bonchev–Trinajstić information content (AvgIpc) is 2.87. The molecular weight excluding hydrogens is 268 g/mol. The van der Waals surface area contributed by atoms with Crippen LogP contribution < -0.4 is 0 Å². The normalized spacial score (nSPS) is 10.4. The molecule has 2 heterocycles. The summed E-state index contributed by atoms with van der Waals surface area (Å²) in [6.07, 6.45) is 1.55. The van der Waals surface area contributed by atoms with Gasteiger partial charge < -0.3 is 5.11 Å². The topological polar surface area (TPSA) is 91.8 Å². The van der Waals surface area contributed by atoms with Gasteiger partial charge in [0.15, 0.2) is 5.69 Å². The quantitative estimate of drug-likeness (QED) is 0.791. The van der Waals surface area contributed by atoms with Crippen molar-refractivity contribution in [3.63, 3.8) is 0 Å². The monoisotopic (exact) mass is 278 g/mol. The maximum atomic E-state index is 11.3. The third kappa shape index (κ3) is 2.32. The molecule has 1 aromatic carbocycles. The van der Waals surface area contributed by atoms with E-state index in [0.29, 0.717) is 17.6 Å². The highest BCUT2D eigenvalue weighted by Crippen LogP contribution is 2.19. The van der Waals surface area contributed by atoms with E-state index in [9.17, 15) is 9.90 Å². The van der Waals surface area contributed by atoms with Crippen LogP contribution in [0.5, 0.6) is 0 Å². The fourth-order valence-electron chi connectivity index (χ4n) is 2.21. The van der Waals surface area contributed by atoms with Gasteiger partial charge in [0.25, 0.3) is 0 Å². The van der Waals surface area contributed by atoms with Gasteiger partial charge in [0.1, 0.15) is 11.8 Å². The van der Waals surface area contributed by atoms with Gasteiger partial charge in [0.05, 0.1) is 12.1 Å². The van der Waals surface area contributed by atoms with Gasteiger partial charge >= 0.3 is 5.97 Å². The van der Waals surface area contributed by atoms with Crippen LogP contribution in [0.25, 0.3) is 10.9 Å². The molecule has 0 spiro atoms. The van der Waals surface area contributed by atoms with Crippen LogP contribution in [0.1, 0.15) is 21.7 Å². The predicted octanol–water partition coefficient (Wildman–Crippen LogP) is 2.05. The van der Waals surface area contributed by atoms with Gasteiger partial charge in [-0.05, 0) is 23.8 Å². The molecule has 102 valence electrons. The first-order valence-corrected chi connectivity index (χ1v) is 6.23. The SMILES string of the molecule is N#Cc1cc(Cn2nc(C(=O)O)c3ccccc32)ccn1. The van der Waals surface area contributed by atoms with Crippen LogP contribution in [0.4, 0.5) is 0 Å². The lowest BCUT2D eigenvalue weighted by atomic mass is 10.2.